The smallest absolute Gasteiger partial charge is 0.0356 e. The highest BCUT2D eigenvalue weighted by Crippen LogP contribution is 2.55. The van der Waals surface area contributed by atoms with E-state index in [2.05, 4.69) is 10.9 Å². The molecule has 0 radical (unpaired) electrons. The van der Waals surface area contributed by atoms with E-state index in [0.717, 1.165) is 12.0 Å². The van der Waals surface area contributed by atoms with Crippen LogP contribution in [0.4, 0.5) is 0 Å². The monoisotopic (exact) mass is 152 g/mol. The predicted molar refractivity (Wildman–Crippen MR) is 44.0 cm³/mol. The Balaban J connectivity index is 1.54. The summed E-state index contributed by atoms with van der Waals surface area (Å²) in [6.45, 7) is 0. The number of rotatable bonds is 3. The molecule has 11 heavy (non-hydrogen) atoms. The zero-order valence-electron chi connectivity index (χ0n) is 6.90. The number of hydrogen-bond acceptors (Lipinski definition) is 2. The van der Waals surface area contributed by atoms with Crippen molar-refractivity contribution in [2.75, 3.05) is 0 Å². The predicted octanol–water partition coefficient (Wildman–Crippen LogP) is 1.19. The molecule has 0 spiro atoms. The summed E-state index contributed by atoms with van der Waals surface area (Å²) < 4.78 is 0. The Morgan fingerprint density at radius 1 is 1.18 bits per heavy atom. The summed E-state index contributed by atoms with van der Waals surface area (Å²) in [6, 6.07) is 0.811. The van der Waals surface area contributed by atoms with Gasteiger partial charge in [-0.3, -0.25) is 10.9 Å². The van der Waals surface area contributed by atoms with Crippen LogP contribution in [0.2, 0.25) is 0 Å². The minimum Gasteiger partial charge on any atom is -0.254 e. The second-order valence-electron chi connectivity index (χ2n) is 4.49. The van der Waals surface area contributed by atoms with Gasteiger partial charge in [-0.15, -0.1) is 0 Å². The van der Waals surface area contributed by atoms with Crippen molar-refractivity contribution in [1.82, 2.24) is 10.9 Å². The van der Waals surface area contributed by atoms with Crippen LogP contribution in [0.5, 0.6) is 0 Å². The maximum atomic E-state index is 3.54. The van der Waals surface area contributed by atoms with Gasteiger partial charge in [-0.2, -0.15) is 0 Å². The Hall–Kier alpha value is -0.0800. The van der Waals surface area contributed by atoms with E-state index in [1.54, 1.807) is 0 Å². The molecule has 2 heteroatoms. The molecule has 0 aliphatic heterocycles. The molecule has 2 N–H and O–H groups in total. The molecule has 3 saturated carbocycles. The molecule has 0 bridgehead atoms. The summed E-state index contributed by atoms with van der Waals surface area (Å²) in [5, 5.41) is 0. The van der Waals surface area contributed by atoms with Gasteiger partial charge in [0.15, 0.2) is 0 Å². The molecule has 2 nitrogen and oxygen atoms in total. The van der Waals surface area contributed by atoms with E-state index in [0.29, 0.717) is 5.54 Å². The summed E-state index contributed by atoms with van der Waals surface area (Å²) >= 11 is 0. The first-order valence-corrected chi connectivity index (χ1v) is 4.92. The highest BCUT2D eigenvalue weighted by molar-refractivity contribution is 5.13. The highest BCUT2D eigenvalue weighted by atomic mass is 15.4. The average molecular weight is 152 g/mol. The number of hydrazine groups is 1. The Morgan fingerprint density at radius 2 is 2.09 bits per heavy atom. The van der Waals surface area contributed by atoms with Crippen LogP contribution in [0.25, 0.3) is 0 Å². The number of fused-ring (bicyclic) bond motifs is 1. The molecule has 2 atom stereocenters. The molecule has 0 aromatic carbocycles. The van der Waals surface area contributed by atoms with Crippen LogP contribution in [-0.2, 0) is 0 Å². The zero-order chi connectivity index (χ0) is 7.31. The van der Waals surface area contributed by atoms with Crippen molar-refractivity contribution >= 4 is 0 Å². The average Bonchev–Trinajstić information content (AvgIpc) is 2.90. The Kier molecular flexibility index (Phi) is 1.16. The topological polar surface area (TPSA) is 24.1 Å². The number of nitrogens with one attached hydrogen (secondary N) is 2. The van der Waals surface area contributed by atoms with Crippen LogP contribution in [-0.4, -0.2) is 11.6 Å². The lowest BCUT2D eigenvalue weighted by atomic mass is 10.2. The molecule has 3 rings (SSSR count). The molecule has 3 aliphatic rings. The first kappa shape index (κ1) is 6.44. The van der Waals surface area contributed by atoms with Crippen LogP contribution in [0.1, 0.15) is 38.5 Å². The van der Waals surface area contributed by atoms with Crippen molar-refractivity contribution in [2.24, 2.45) is 5.92 Å². The van der Waals surface area contributed by atoms with Crippen LogP contribution in [0.3, 0.4) is 0 Å². The summed E-state index contributed by atoms with van der Waals surface area (Å²) in [5.41, 5.74) is 7.55. The molecular formula is C9H16N2. The fourth-order valence-corrected chi connectivity index (χ4v) is 2.42. The van der Waals surface area contributed by atoms with Gasteiger partial charge in [-0.05, 0) is 38.0 Å². The van der Waals surface area contributed by atoms with Crippen molar-refractivity contribution in [3.63, 3.8) is 0 Å². The van der Waals surface area contributed by atoms with Crippen LogP contribution < -0.4 is 10.9 Å². The minimum absolute atomic E-state index is 0.572. The van der Waals surface area contributed by atoms with Crippen molar-refractivity contribution in [3.8, 4) is 0 Å². The maximum Gasteiger partial charge on any atom is 0.0356 e. The first-order chi connectivity index (χ1) is 5.39. The molecule has 0 saturated heterocycles. The molecule has 3 aliphatic carbocycles. The van der Waals surface area contributed by atoms with E-state index in [1.807, 2.05) is 0 Å². The van der Waals surface area contributed by atoms with Gasteiger partial charge in [-0.25, -0.2) is 0 Å². The van der Waals surface area contributed by atoms with Gasteiger partial charge >= 0.3 is 0 Å². The summed E-state index contributed by atoms with van der Waals surface area (Å²) in [5.74, 6) is 1.02. The standard InChI is InChI=1S/C9H16N2/c1-2-7-6-9(7,5-1)11-10-8-3-4-8/h7-8,10-11H,1-6H2/t7?,9-/m0/s1. The molecule has 0 aromatic heterocycles. The summed E-state index contributed by atoms with van der Waals surface area (Å²) in [7, 11) is 0. The third-order valence-corrected chi connectivity index (χ3v) is 3.51. The third kappa shape index (κ3) is 1.00. The highest BCUT2D eigenvalue weighted by Gasteiger charge is 2.56. The molecule has 0 aromatic rings. The molecule has 3 fully saturated rings. The Morgan fingerprint density at radius 3 is 2.64 bits per heavy atom. The molecule has 0 heterocycles. The SMILES string of the molecule is C1CC2C[C@@]2(NNC2CC2)C1. The van der Waals surface area contributed by atoms with E-state index in [1.165, 1.54) is 38.5 Å². The quantitative estimate of drug-likeness (QED) is 0.593. The van der Waals surface area contributed by atoms with Gasteiger partial charge in [0, 0.05) is 11.6 Å². The van der Waals surface area contributed by atoms with E-state index in [9.17, 15) is 0 Å². The second-order valence-corrected chi connectivity index (χ2v) is 4.49. The lowest BCUT2D eigenvalue weighted by molar-refractivity contribution is 0.396. The maximum absolute atomic E-state index is 3.54. The van der Waals surface area contributed by atoms with Gasteiger partial charge in [0.05, 0.1) is 0 Å². The summed E-state index contributed by atoms with van der Waals surface area (Å²) in [6.07, 6.45) is 8.54. The van der Waals surface area contributed by atoms with Crippen molar-refractivity contribution in [1.29, 1.82) is 0 Å². The van der Waals surface area contributed by atoms with Crippen molar-refractivity contribution in [2.45, 2.75) is 50.1 Å². The van der Waals surface area contributed by atoms with Crippen LogP contribution in [0.15, 0.2) is 0 Å². The summed E-state index contributed by atoms with van der Waals surface area (Å²) in [4.78, 5) is 0. The van der Waals surface area contributed by atoms with Crippen molar-refractivity contribution < 1.29 is 0 Å². The fourth-order valence-electron chi connectivity index (χ4n) is 2.42. The largest absolute Gasteiger partial charge is 0.254 e. The minimum atomic E-state index is 0.572. The fraction of sp³-hybridized carbons (Fsp3) is 1.00. The third-order valence-electron chi connectivity index (χ3n) is 3.51. The molecule has 0 amide bonds. The molecule has 62 valence electrons. The van der Waals surface area contributed by atoms with E-state index < -0.39 is 0 Å². The zero-order valence-corrected chi connectivity index (χ0v) is 6.90. The second kappa shape index (κ2) is 1.99. The normalized spacial score (nSPS) is 47.5. The van der Waals surface area contributed by atoms with Gasteiger partial charge in [0.2, 0.25) is 0 Å². The van der Waals surface area contributed by atoms with E-state index >= 15 is 0 Å². The van der Waals surface area contributed by atoms with Gasteiger partial charge < -0.3 is 0 Å². The van der Waals surface area contributed by atoms with Crippen molar-refractivity contribution in [3.05, 3.63) is 0 Å². The number of hydrogen-bond donors (Lipinski definition) is 2. The molecule has 1 unspecified atom stereocenters. The van der Waals surface area contributed by atoms with Crippen LogP contribution in [0, 0.1) is 5.92 Å². The van der Waals surface area contributed by atoms with Gasteiger partial charge in [-0.1, -0.05) is 6.42 Å². The lowest BCUT2D eigenvalue weighted by Crippen LogP contribution is -2.43. The Bertz CT molecular complexity index is 176. The Labute approximate surface area is 67.7 Å². The van der Waals surface area contributed by atoms with Gasteiger partial charge in [0.25, 0.3) is 0 Å². The first-order valence-electron chi connectivity index (χ1n) is 4.92. The molecular weight excluding hydrogens is 136 g/mol. The lowest BCUT2D eigenvalue weighted by Gasteiger charge is -2.14. The van der Waals surface area contributed by atoms with E-state index in [-0.39, 0.29) is 0 Å². The van der Waals surface area contributed by atoms with Crippen LogP contribution >= 0.6 is 0 Å². The van der Waals surface area contributed by atoms with Gasteiger partial charge in [0.1, 0.15) is 0 Å². The van der Waals surface area contributed by atoms with E-state index in [4.69, 9.17) is 0 Å².